The van der Waals surface area contributed by atoms with Gasteiger partial charge in [-0.05, 0) is 12.1 Å². The monoisotopic (exact) mass is 359 g/mol. The maximum absolute atomic E-state index is 12.9. The van der Waals surface area contributed by atoms with Crippen LogP contribution < -0.4 is 14.4 Å². The number of amides is 1. The van der Waals surface area contributed by atoms with Crippen LogP contribution >= 0.6 is 0 Å². The molecule has 0 unspecified atom stereocenters. The molecule has 2 aromatic carbocycles. The number of nitro groups is 2. The molecule has 0 aliphatic carbocycles. The molecule has 0 spiro atoms. The summed E-state index contributed by atoms with van der Waals surface area (Å²) < 4.78 is 10.4. The average molecular weight is 359 g/mol. The van der Waals surface area contributed by atoms with E-state index in [1.54, 1.807) is 0 Å². The highest BCUT2D eigenvalue weighted by Crippen LogP contribution is 2.36. The highest BCUT2D eigenvalue weighted by Gasteiger charge is 2.28. The van der Waals surface area contributed by atoms with Gasteiger partial charge in [0.15, 0.2) is 5.75 Å². The summed E-state index contributed by atoms with van der Waals surface area (Å²) in [6.07, 6.45) is 0. The highest BCUT2D eigenvalue weighted by molar-refractivity contribution is 6.07. The molecule has 1 amide bonds. The molecule has 0 radical (unpaired) electrons. The molecule has 0 saturated carbocycles. The topological polar surface area (TPSA) is 125 Å². The van der Waals surface area contributed by atoms with Gasteiger partial charge in [-0.25, -0.2) is 0 Å². The van der Waals surface area contributed by atoms with Gasteiger partial charge in [0, 0.05) is 29.8 Å². The van der Waals surface area contributed by atoms with Gasteiger partial charge in [-0.1, -0.05) is 0 Å². The summed E-state index contributed by atoms with van der Waals surface area (Å²) in [4.78, 5) is 35.0. The van der Waals surface area contributed by atoms with E-state index in [0.717, 1.165) is 0 Å². The summed E-state index contributed by atoms with van der Waals surface area (Å²) in [6, 6.07) is 7.75. The van der Waals surface area contributed by atoms with Gasteiger partial charge in [-0.15, -0.1) is 0 Å². The Balaban J connectivity index is 2.01. The fraction of sp³-hybridized carbons (Fsp3) is 0.188. The summed E-state index contributed by atoms with van der Waals surface area (Å²) in [5.74, 6) is -0.166. The Kier molecular flexibility index (Phi) is 4.40. The minimum absolute atomic E-state index is 0.0478. The van der Waals surface area contributed by atoms with E-state index in [1.807, 2.05) is 0 Å². The second kappa shape index (κ2) is 6.67. The van der Waals surface area contributed by atoms with E-state index in [1.165, 1.54) is 48.4 Å². The van der Waals surface area contributed by atoms with E-state index >= 15 is 0 Å². The molecule has 2 aromatic rings. The first-order valence-electron chi connectivity index (χ1n) is 7.48. The molecular formula is C16H13N3O7. The first-order valence-corrected chi connectivity index (χ1v) is 7.48. The van der Waals surface area contributed by atoms with Crippen LogP contribution in [0.3, 0.4) is 0 Å². The van der Waals surface area contributed by atoms with Gasteiger partial charge in [0.05, 0.1) is 29.2 Å². The van der Waals surface area contributed by atoms with Gasteiger partial charge in [0.2, 0.25) is 0 Å². The Hall–Kier alpha value is -3.69. The number of ether oxygens (including phenoxy) is 2. The molecule has 0 fully saturated rings. The van der Waals surface area contributed by atoms with Crippen molar-refractivity contribution in [2.75, 3.05) is 25.2 Å². The van der Waals surface area contributed by atoms with Gasteiger partial charge in [-0.3, -0.25) is 25.0 Å². The fourth-order valence-electron chi connectivity index (χ4n) is 2.65. The Morgan fingerprint density at radius 1 is 1.15 bits per heavy atom. The largest absolute Gasteiger partial charge is 0.490 e. The molecule has 10 heteroatoms. The van der Waals surface area contributed by atoms with Crippen LogP contribution in [0.5, 0.6) is 11.5 Å². The zero-order valence-corrected chi connectivity index (χ0v) is 13.6. The predicted molar refractivity (Wildman–Crippen MR) is 89.9 cm³/mol. The fourth-order valence-corrected chi connectivity index (χ4v) is 2.65. The minimum atomic E-state index is -0.611. The molecule has 1 aliphatic rings. The first-order chi connectivity index (χ1) is 12.4. The van der Waals surface area contributed by atoms with Crippen LogP contribution in [0.25, 0.3) is 0 Å². The molecule has 1 aliphatic heterocycles. The van der Waals surface area contributed by atoms with E-state index in [4.69, 9.17) is 9.47 Å². The van der Waals surface area contributed by atoms with Crippen LogP contribution in [0.2, 0.25) is 0 Å². The minimum Gasteiger partial charge on any atom is -0.490 e. The van der Waals surface area contributed by atoms with Gasteiger partial charge in [-0.2, -0.15) is 0 Å². The number of anilines is 1. The van der Waals surface area contributed by atoms with Crippen molar-refractivity contribution in [1.29, 1.82) is 0 Å². The smallest absolute Gasteiger partial charge is 0.310 e. The average Bonchev–Trinajstić information content (AvgIpc) is 2.65. The maximum Gasteiger partial charge on any atom is 0.310 e. The molecule has 1 heterocycles. The van der Waals surface area contributed by atoms with Crippen molar-refractivity contribution in [3.05, 3.63) is 62.2 Å². The van der Waals surface area contributed by atoms with Crippen molar-refractivity contribution in [2.45, 2.75) is 0 Å². The first kappa shape index (κ1) is 17.1. The lowest BCUT2D eigenvalue weighted by atomic mass is 10.1. The van der Waals surface area contributed by atoms with Crippen LogP contribution in [-0.2, 0) is 0 Å². The number of methoxy groups -OCH3 is 1. The summed E-state index contributed by atoms with van der Waals surface area (Å²) in [5.41, 5.74) is -0.00466. The summed E-state index contributed by atoms with van der Waals surface area (Å²) in [5, 5.41) is 22.0. The van der Waals surface area contributed by atoms with Crippen LogP contribution in [-0.4, -0.2) is 36.0 Å². The highest BCUT2D eigenvalue weighted by atomic mass is 16.6. The molecule has 0 saturated heterocycles. The molecule has 26 heavy (non-hydrogen) atoms. The van der Waals surface area contributed by atoms with Gasteiger partial charge < -0.3 is 14.4 Å². The Morgan fingerprint density at radius 2 is 1.92 bits per heavy atom. The number of non-ortho nitro benzene ring substituents is 1. The molecule has 134 valence electrons. The van der Waals surface area contributed by atoms with Gasteiger partial charge in [0.1, 0.15) is 12.4 Å². The second-order valence-electron chi connectivity index (χ2n) is 5.36. The lowest BCUT2D eigenvalue weighted by Crippen LogP contribution is -2.38. The summed E-state index contributed by atoms with van der Waals surface area (Å²) in [7, 11) is 1.27. The Labute approximate surface area is 146 Å². The number of rotatable bonds is 4. The normalized spacial score (nSPS) is 12.7. The number of fused-ring (bicyclic) bond motifs is 1. The third-order valence-corrected chi connectivity index (χ3v) is 3.89. The van der Waals surface area contributed by atoms with Crippen LogP contribution in [0.1, 0.15) is 10.4 Å². The van der Waals surface area contributed by atoms with Gasteiger partial charge >= 0.3 is 5.69 Å². The lowest BCUT2D eigenvalue weighted by Gasteiger charge is -2.29. The van der Waals surface area contributed by atoms with E-state index in [9.17, 15) is 25.0 Å². The molecule has 0 atom stereocenters. The van der Waals surface area contributed by atoms with E-state index in [0.29, 0.717) is 5.75 Å². The standard InChI is InChI=1S/C16H13N3O7/c1-25-15-8-10(2-4-12(15)19(23)24)16(20)17-6-7-26-14-5-3-11(18(21)22)9-13(14)17/h2-5,8-9H,6-7H2,1H3. The van der Waals surface area contributed by atoms with Crippen molar-refractivity contribution >= 4 is 23.0 Å². The Bertz CT molecular complexity index is 913. The number of nitro benzene ring substituents is 2. The van der Waals surface area contributed by atoms with Crippen molar-refractivity contribution < 1.29 is 24.1 Å². The molecule has 0 bridgehead atoms. The van der Waals surface area contributed by atoms with Crippen molar-refractivity contribution in [3.8, 4) is 11.5 Å². The zero-order valence-electron chi connectivity index (χ0n) is 13.6. The molecule has 0 N–H and O–H groups in total. The quantitative estimate of drug-likeness (QED) is 0.606. The van der Waals surface area contributed by atoms with Crippen LogP contribution in [0.4, 0.5) is 17.1 Å². The van der Waals surface area contributed by atoms with E-state index in [-0.39, 0.29) is 41.5 Å². The number of carbonyl (C=O) groups is 1. The third kappa shape index (κ3) is 2.99. The summed E-state index contributed by atoms with van der Waals surface area (Å²) >= 11 is 0. The number of hydrogen-bond acceptors (Lipinski definition) is 7. The van der Waals surface area contributed by atoms with E-state index in [2.05, 4.69) is 0 Å². The van der Waals surface area contributed by atoms with Crippen LogP contribution in [0.15, 0.2) is 36.4 Å². The van der Waals surface area contributed by atoms with E-state index < -0.39 is 15.8 Å². The lowest BCUT2D eigenvalue weighted by molar-refractivity contribution is -0.385. The summed E-state index contributed by atoms with van der Waals surface area (Å²) in [6.45, 7) is 0.410. The number of benzene rings is 2. The van der Waals surface area contributed by atoms with Gasteiger partial charge in [0.25, 0.3) is 11.6 Å². The van der Waals surface area contributed by atoms with Crippen LogP contribution in [0, 0.1) is 20.2 Å². The zero-order chi connectivity index (χ0) is 18.8. The molecule has 10 nitrogen and oxygen atoms in total. The second-order valence-corrected chi connectivity index (χ2v) is 5.36. The molecule has 3 rings (SSSR count). The predicted octanol–water partition coefficient (Wildman–Crippen LogP) is 2.55. The molecule has 0 aromatic heterocycles. The maximum atomic E-state index is 12.9. The number of hydrogen-bond donors (Lipinski definition) is 0. The number of carbonyl (C=O) groups excluding carboxylic acids is 1. The number of nitrogens with zero attached hydrogens (tertiary/aromatic N) is 3. The van der Waals surface area contributed by atoms with Crippen molar-refractivity contribution in [3.63, 3.8) is 0 Å². The SMILES string of the molecule is COc1cc(C(=O)N2CCOc3ccc([N+](=O)[O-])cc32)ccc1[N+](=O)[O-]. The Morgan fingerprint density at radius 3 is 2.58 bits per heavy atom. The van der Waals surface area contributed by atoms with Crippen molar-refractivity contribution in [1.82, 2.24) is 0 Å². The third-order valence-electron chi connectivity index (χ3n) is 3.89. The molecular weight excluding hydrogens is 346 g/mol. The van der Waals surface area contributed by atoms with Crippen molar-refractivity contribution in [2.24, 2.45) is 0 Å².